The van der Waals surface area contributed by atoms with Gasteiger partial charge in [0, 0.05) is 18.8 Å². The van der Waals surface area contributed by atoms with E-state index in [0.717, 1.165) is 31.5 Å². The maximum atomic E-state index is 12.5. The minimum atomic E-state index is 0.0145. The van der Waals surface area contributed by atoms with Gasteiger partial charge in [0.25, 0.3) is 5.91 Å². The highest BCUT2D eigenvalue weighted by atomic mass is 16.1. The van der Waals surface area contributed by atoms with Crippen molar-refractivity contribution >= 4 is 11.6 Å². The van der Waals surface area contributed by atoms with Crippen LogP contribution in [0.3, 0.4) is 0 Å². The molecule has 1 aliphatic rings. The largest absolute Gasteiger partial charge is 0.383 e. The standard InChI is InChI=1S/C17H27N3O/c1-4-10-19-15-12-18-11-7-14(15)16(21)20-13-5-8-17(2,3)9-6-13/h7,11-13,19H,4-6,8-10H2,1-3H3,(H,20,21). The summed E-state index contributed by atoms with van der Waals surface area (Å²) in [5, 5.41) is 6.45. The second kappa shape index (κ2) is 6.92. The van der Waals surface area contributed by atoms with Gasteiger partial charge in [0.05, 0.1) is 17.4 Å². The molecule has 1 aliphatic carbocycles. The van der Waals surface area contributed by atoms with Crippen molar-refractivity contribution in [3.05, 3.63) is 24.0 Å². The van der Waals surface area contributed by atoms with Crippen LogP contribution >= 0.6 is 0 Å². The van der Waals surface area contributed by atoms with Crippen LogP contribution in [0.15, 0.2) is 18.5 Å². The summed E-state index contributed by atoms with van der Waals surface area (Å²) in [4.78, 5) is 16.6. The normalized spacial score (nSPS) is 18.2. The minimum Gasteiger partial charge on any atom is -0.383 e. The van der Waals surface area contributed by atoms with E-state index in [1.165, 1.54) is 12.8 Å². The summed E-state index contributed by atoms with van der Waals surface area (Å²) in [7, 11) is 0. The number of nitrogens with one attached hydrogen (secondary N) is 2. The van der Waals surface area contributed by atoms with Crippen LogP contribution in [0.5, 0.6) is 0 Å². The first kappa shape index (κ1) is 15.8. The lowest BCUT2D eigenvalue weighted by Crippen LogP contribution is -2.39. The highest BCUT2D eigenvalue weighted by Gasteiger charge is 2.28. The van der Waals surface area contributed by atoms with Gasteiger partial charge >= 0.3 is 0 Å². The zero-order valence-electron chi connectivity index (χ0n) is 13.4. The van der Waals surface area contributed by atoms with Crippen LogP contribution in [-0.4, -0.2) is 23.5 Å². The number of nitrogens with zero attached hydrogens (tertiary/aromatic N) is 1. The van der Waals surface area contributed by atoms with Crippen LogP contribution in [0.1, 0.15) is 63.2 Å². The van der Waals surface area contributed by atoms with Crippen LogP contribution < -0.4 is 10.6 Å². The van der Waals surface area contributed by atoms with Crippen LogP contribution in [-0.2, 0) is 0 Å². The highest BCUT2D eigenvalue weighted by molar-refractivity contribution is 5.99. The fourth-order valence-corrected chi connectivity index (χ4v) is 2.80. The van der Waals surface area contributed by atoms with Gasteiger partial charge in [-0.05, 0) is 43.6 Å². The average molecular weight is 289 g/mol. The number of anilines is 1. The van der Waals surface area contributed by atoms with E-state index < -0.39 is 0 Å². The molecule has 1 heterocycles. The van der Waals surface area contributed by atoms with E-state index in [9.17, 15) is 4.79 Å². The SMILES string of the molecule is CCCNc1cnccc1C(=O)NC1CCC(C)(C)CC1. The fraction of sp³-hybridized carbons (Fsp3) is 0.647. The second-order valence-electron chi connectivity index (χ2n) is 6.76. The molecule has 1 saturated carbocycles. The number of carbonyl (C=O) groups is 1. The molecule has 1 aromatic heterocycles. The van der Waals surface area contributed by atoms with Gasteiger partial charge in [0.2, 0.25) is 0 Å². The van der Waals surface area contributed by atoms with E-state index in [0.29, 0.717) is 17.0 Å². The third kappa shape index (κ3) is 4.45. The van der Waals surface area contributed by atoms with E-state index in [1.54, 1.807) is 18.5 Å². The average Bonchev–Trinajstić information content (AvgIpc) is 2.47. The number of pyridine rings is 1. The van der Waals surface area contributed by atoms with E-state index in [-0.39, 0.29) is 5.91 Å². The second-order valence-corrected chi connectivity index (χ2v) is 6.76. The van der Waals surface area contributed by atoms with Crippen LogP contribution in [0.4, 0.5) is 5.69 Å². The zero-order chi connectivity index (χ0) is 15.3. The lowest BCUT2D eigenvalue weighted by Gasteiger charge is -2.34. The molecule has 4 heteroatoms. The van der Waals surface area contributed by atoms with Crippen molar-refractivity contribution in [3.8, 4) is 0 Å². The van der Waals surface area contributed by atoms with E-state index in [4.69, 9.17) is 0 Å². The smallest absolute Gasteiger partial charge is 0.253 e. The number of carbonyl (C=O) groups excluding carboxylic acids is 1. The summed E-state index contributed by atoms with van der Waals surface area (Å²) in [6.45, 7) is 7.57. The van der Waals surface area contributed by atoms with Gasteiger partial charge in [-0.3, -0.25) is 9.78 Å². The fourth-order valence-electron chi connectivity index (χ4n) is 2.80. The number of hydrogen-bond donors (Lipinski definition) is 2. The van der Waals surface area contributed by atoms with Gasteiger partial charge in [0.1, 0.15) is 0 Å². The summed E-state index contributed by atoms with van der Waals surface area (Å²) < 4.78 is 0. The summed E-state index contributed by atoms with van der Waals surface area (Å²) >= 11 is 0. The Balaban J connectivity index is 1.97. The topological polar surface area (TPSA) is 54.0 Å². The van der Waals surface area contributed by atoms with Gasteiger partial charge in [0.15, 0.2) is 0 Å². The van der Waals surface area contributed by atoms with Gasteiger partial charge < -0.3 is 10.6 Å². The van der Waals surface area contributed by atoms with Crippen molar-refractivity contribution in [3.63, 3.8) is 0 Å². The van der Waals surface area contributed by atoms with Crippen molar-refractivity contribution in [1.29, 1.82) is 0 Å². The molecule has 0 aliphatic heterocycles. The van der Waals surface area contributed by atoms with Gasteiger partial charge in [-0.25, -0.2) is 0 Å². The summed E-state index contributed by atoms with van der Waals surface area (Å²) in [6.07, 6.45) is 8.92. The molecule has 0 unspecified atom stereocenters. The minimum absolute atomic E-state index is 0.0145. The monoisotopic (exact) mass is 289 g/mol. The van der Waals surface area contributed by atoms with Crippen molar-refractivity contribution < 1.29 is 4.79 Å². The Hall–Kier alpha value is -1.58. The van der Waals surface area contributed by atoms with E-state index >= 15 is 0 Å². The van der Waals surface area contributed by atoms with Crippen LogP contribution in [0.2, 0.25) is 0 Å². The predicted molar refractivity (Wildman–Crippen MR) is 86.5 cm³/mol. The first-order valence-electron chi connectivity index (χ1n) is 8.00. The van der Waals surface area contributed by atoms with E-state index in [1.807, 2.05) is 0 Å². The third-order valence-corrected chi connectivity index (χ3v) is 4.31. The van der Waals surface area contributed by atoms with E-state index in [2.05, 4.69) is 36.4 Å². The third-order valence-electron chi connectivity index (χ3n) is 4.31. The number of rotatable bonds is 5. The molecule has 4 nitrogen and oxygen atoms in total. The molecule has 116 valence electrons. The quantitative estimate of drug-likeness (QED) is 0.870. The van der Waals surface area contributed by atoms with Crippen molar-refractivity contribution in [2.24, 2.45) is 5.41 Å². The lowest BCUT2D eigenvalue weighted by atomic mass is 9.75. The number of aromatic nitrogens is 1. The van der Waals surface area contributed by atoms with Crippen LogP contribution in [0.25, 0.3) is 0 Å². The summed E-state index contributed by atoms with van der Waals surface area (Å²) in [6, 6.07) is 2.10. The van der Waals surface area contributed by atoms with Gasteiger partial charge in [-0.15, -0.1) is 0 Å². The maximum Gasteiger partial charge on any atom is 0.253 e. The molecule has 2 rings (SSSR count). The molecule has 1 aromatic rings. The molecule has 0 aromatic carbocycles. The Morgan fingerprint density at radius 2 is 2.10 bits per heavy atom. The Bertz CT molecular complexity index is 475. The summed E-state index contributed by atoms with van der Waals surface area (Å²) in [5.74, 6) is 0.0145. The number of amides is 1. The first-order valence-corrected chi connectivity index (χ1v) is 8.00. The lowest BCUT2D eigenvalue weighted by molar-refractivity contribution is 0.0909. The molecule has 0 atom stereocenters. The predicted octanol–water partition coefficient (Wildman–Crippen LogP) is 3.60. The Morgan fingerprint density at radius 1 is 1.38 bits per heavy atom. The maximum absolute atomic E-state index is 12.5. The molecule has 0 saturated heterocycles. The molecule has 2 N–H and O–H groups in total. The molecular weight excluding hydrogens is 262 g/mol. The Morgan fingerprint density at radius 3 is 2.76 bits per heavy atom. The molecule has 0 bridgehead atoms. The highest BCUT2D eigenvalue weighted by Crippen LogP contribution is 2.35. The van der Waals surface area contributed by atoms with Crippen LogP contribution in [0, 0.1) is 5.41 Å². The molecule has 1 fully saturated rings. The molecular formula is C17H27N3O. The van der Waals surface area contributed by atoms with Crippen molar-refractivity contribution in [2.45, 2.75) is 58.9 Å². The van der Waals surface area contributed by atoms with Crippen molar-refractivity contribution in [1.82, 2.24) is 10.3 Å². The molecule has 1 amide bonds. The summed E-state index contributed by atoms with van der Waals surface area (Å²) in [5.41, 5.74) is 1.95. The zero-order valence-corrected chi connectivity index (χ0v) is 13.4. The molecule has 0 spiro atoms. The number of hydrogen-bond acceptors (Lipinski definition) is 3. The Labute approximate surface area is 127 Å². The van der Waals surface area contributed by atoms with Crippen molar-refractivity contribution in [2.75, 3.05) is 11.9 Å². The Kier molecular flexibility index (Phi) is 5.21. The van der Waals surface area contributed by atoms with Gasteiger partial charge in [-0.1, -0.05) is 20.8 Å². The van der Waals surface area contributed by atoms with Gasteiger partial charge in [-0.2, -0.15) is 0 Å². The molecule has 0 radical (unpaired) electrons. The first-order chi connectivity index (χ1) is 10.0. The molecule has 21 heavy (non-hydrogen) atoms.